The van der Waals surface area contributed by atoms with Crippen LogP contribution < -0.4 is 11.5 Å². The zero-order valence-electron chi connectivity index (χ0n) is 8.57. The molecule has 1 heterocycles. The summed E-state index contributed by atoms with van der Waals surface area (Å²) in [6, 6.07) is 0.705. The van der Waals surface area contributed by atoms with Crippen LogP contribution in [-0.2, 0) is 5.54 Å². The SMILES string of the molecule is NC1C=CC(F)=CC1(N)c1nc(Cl)cc(Cl)n1. The summed E-state index contributed by atoms with van der Waals surface area (Å²) in [5.41, 5.74) is 10.5. The molecule has 0 saturated heterocycles. The number of allylic oxidation sites excluding steroid dienone is 2. The Kier molecular flexibility index (Phi) is 3.18. The molecule has 2 atom stereocenters. The van der Waals surface area contributed by atoms with E-state index < -0.39 is 17.4 Å². The molecule has 0 amide bonds. The number of nitrogens with zero attached hydrogens (tertiary/aromatic N) is 2. The van der Waals surface area contributed by atoms with Crippen molar-refractivity contribution in [2.75, 3.05) is 0 Å². The molecule has 0 fully saturated rings. The normalized spacial score (nSPS) is 28.1. The average Bonchev–Trinajstić information content (AvgIpc) is 2.22. The summed E-state index contributed by atoms with van der Waals surface area (Å²) in [5, 5.41) is 0.251. The number of halogens is 3. The van der Waals surface area contributed by atoms with Gasteiger partial charge < -0.3 is 11.5 Å². The summed E-state index contributed by atoms with van der Waals surface area (Å²) in [4.78, 5) is 7.87. The largest absolute Gasteiger partial charge is 0.322 e. The molecular weight excluding hydrogens is 266 g/mol. The zero-order valence-corrected chi connectivity index (χ0v) is 10.1. The van der Waals surface area contributed by atoms with Gasteiger partial charge in [-0.05, 0) is 12.2 Å². The third kappa shape index (κ3) is 2.32. The van der Waals surface area contributed by atoms with Gasteiger partial charge in [0.05, 0.1) is 6.04 Å². The molecule has 0 spiro atoms. The molecule has 0 aliphatic heterocycles. The van der Waals surface area contributed by atoms with Crippen LogP contribution in [-0.4, -0.2) is 16.0 Å². The topological polar surface area (TPSA) is 77.8 Å². The Morgan fingerprint density at radius 3 is 2.47 bits per heavy atom. The van der Waals surface area contributed by atoms with Crippen molar-refractivity contribution in [2.24, 2.45) is 11.5 Å². The molecule has 1 aliphatic carbocycles. The first-order chi connectivity index (χ1) is 7.91. The van der Waals surface area contributed by atoms with E-state index in [-0.39, 0.29) is 16.1 Å². The van der Waals surface area contributed by atoms with E-state index >= 15 is 0 Å². The fraction of sp³-hybridized carbons (Fsp3) is 0.200. The summed E-state index contributed by atoms with van der Waals surface area (Å²) in [6.07, 6.45) is 3.83. The van der Waals surface area contributed by atoms with Crippen LogP contribution in [0.25, 0.3) is 0 Å². The smallest absolute Gasteiger partial charge is 0.157 e. The highest BCUT2D eigenvalue weighted by Gasteiger charge is 2.37. The second kappa shape index (κ2) is 4.34. The average molecular weight is 275 g/mol. The quantitative estimate of drug-likeness (QED) is 0.764. The van der Waals surface area contributed by atoms with Crippen molar-refractivity contribution in [3.8, 4) is 0 Å². The molecule has 17 heavy (non-hydrogen) atoms. The predicted octanol–water partition coefficient (Wildman–Crippen LogP) is 1.69. The second-order valence-electron chi connectivity index (χ2n) is 3.68. The third-order valence-corrected chi connectivity index (χ3v) is 2.83. The Bertz CT molecular complexity index is 497. The fourth-order valence-corrected chi connectivity index (χ4v) is 1.95. The van der Waals surface area contributed by atoms with Crippen LogP contribution in [0.2, 0.25) is 10.3 Å². The van der Waals surface area contributed by atoms with Gasteiger partial charge in [0.1, 0.15) is 21.7 Å². The van der Waals surface area contributed by atoms with Gasteiger partial charge in [-0.2, -0.15) is 0 Å². The number of aromatic nitrogens is 2. The molecule has 90 valence electrons. The van der Waals surface area contributed by atoms with E-state index in [4.69, 9.17) is 34.7 Å². The van der Waals surface area contributed by atoms with E-state index in [1.165, 1.54) is 18.2 Å². The fourth-order valence-electron chi connectivity index (χ4n) is 1.52. The van der Waals surface area contributed by atoms with Gasteiger partial charge in [0.2, 0.25) is 0 Å². The van der Waals surface area contributed by atoms with Gasteiger partial charge in [-0.1, -0.05) is 29.3 Å². The maximum absolute atomic E-state index is 13.3. The molecule has 2 unspecified atom stereocenters. The lowest BCUT2D eigenvalue weighted by molar-refractivity contribution is 0.445. The van der Waals surface area contributed by atoms with Gasteiger partial charge in [-0.25, -0.2) is 14.4 Å². The third-order valence-electron chi connectivity index (χ3n) is 2.44. The summed E-state index contributed by atoms with van der Waals surface area (Å²) >= 11 is 11.5. The molecule has 1 aromatic rings. The Hall–Kier alpha value is -1.01. The van der Waals surface area contributed by atoms with Crippen molar-refractivity contribution < 1.29 is 4.39 Å². The molecule has 2 rings (SSSR count). The van der Waals surface area contributed by atoms with Gasteiger partial charge >= 0.3 is 0 Å². The second-order valence-corrected chi connectivity index (χ2v) is 4.46. The van der Waals surface area contributed by atoms with Crippen LogP contribution in [0.3, 0.4) is 0 Å². The molecule has 0 radical (unpaired) electrons. The molecule has 7 heteroatoms. The molecule has 0 bridgehead atoms. The summed E-state index contributed by atoms with van der Waals surface area (Å²) < 4.78 is 13.3. The van der Waals surface area contributed by atoms with Crippen LogP contribution in [0.1, 0.15) is 5.82 Å². The van der Waals surface area contributed by atoms with E-state index in [1.54, 1.807) is 0 Å². The molecule has 0 aromatic carbocycles. The lowest BCUT2D eigenvalue weighted by atomic mass is 9.86. The van der Waals surface area contributed by atoms with Crippen molar-refractivity contribution in [3.05, 3.63) is 46.3 Å². The number of hydrogen-bond donors (Lipinski definition) is 2. The molecule has 1 aliphatic rings. The van der Waals surface area contributed by atoms with Crippen LogP contribution in [0.4, 0.5) is 4.39 Å². The first-order valence-electron chi connectivity index (χ1n) is 4.73. The summed E-state index contributed by atoms with van der Waals surface area (Å²) in [6.45, 7) is 0. The standard InChI is InChI=1S/C10H9Cl2FN4/c11-7-3-8(12)17-9(16-7)10(15)4-5(13)1-2-6(10)14/h1-4,6H,14-15H2. The van der Waals surface area contributed by atoms with Crippen molar-refractivity contribution in [1.29, 1.82) is 0 Å². The Morgan fingerprint density at radius 1 is 1.29 bits per heavy atom. The molecule has 0 saturated carbocycles. The van der Waals surface area contributed by atoms with Gasteiger partial charge in [0.15, 0.2) is 5.82 Å². The van der Waals surface area contributed by atoms with E-state index in [2.05, 4.69) is 9.97 Å². The van der Waals surface area contributed by atoms with Crippen molar-refractivity contribution >= 4 is 23.2 Å². The monoisotopic (exact) mass is 274 g/mol. The number of nitrogens with two attached hydrogens (primary N) is 2. The lowest BCUT2D eigenvalue weighted by Crippen LogP contribution is -2.52. The first kappa shape index (κ1) is 12.4. The van der Waals surface area contributed by atoms with E-state index in [0.717, 1.165) is 6.08 Å². The van der Waals surface area contributed by atoms with E-state index in [0.29, 0.717) is 0 Å². The molecule has 4 nitrogen and oxygen atoms in total. The number of hydrogen-bond acceptors (Lipinski definition) is 4. The van der Waals surface area contributed by atoms with Gasteiger partial charge in [-0.3, -0.25) is 0 Å². The minimum absolute atomic E-state index is 0.0852. The zero-order chi connectivity index (χ0) is 12.6. The van der Waals surface area contributed by atoms with Crippen LogP contribution in [0.5, 0.6) is 0 Å². The Balaban J connectivity index is 2.54. The highest BCUT2D eigenvalue weighted by molar-refractivity contribution is 6.33. The van der Waals surface area contributed by atoms with Gasteiger partial charge in [0, 0.05) is 6.07 Å². The highest BCUT2D eigenvalue weighted by atomic mass is 35.5. The molecule has 1 aromatic heterocycles. The maximum atomic E-state index is 13.3. The highest BCUT2D eigenvalue weighted by Crippen LogP contribution is 2.28. The van der Waals surface area contributed by atoms with Crippen LogP contribution in [0.15, 0.2) is 30.1 Å². The van der Waals surface area contributed by atoms with Crippen molar-refractivity contribution in [2.45, 2.75) is 11.6 Å². The van der Waals surface area contributed by atoms with Crippen molar-refractivity contribution in [1.82, 2.24) is 9.97 Å². The molecular formula is C10H9Cl2FN4. The Morgan fingerprint density at radius 2 is 1.88 bits per heavy atom. The minimum atomic E-state index is -1.35. The van der Waals surface area contributed by atoms with E-state index in [1.807, 2.05) is 0 Å². The summed E-state index contributed by atoms with van der Waals surface area (Å²) in [5.74, 6) is -0.420. The van der Waals surface area contributed by atoms with Crippen molar-refractivity contribution in [3.63, 3.8) is 0 Å². The van der Waals surface area contributed by atoms with E-state index in [9.17, 15) is 4.39 Å². The maximum Gasteiger partial charge on any atom is 0.157 e. The van der Waals surface area contributed by atoms with Crippen LogP contribution >= 0.6 is 23.2 Å². The minimum Gasteiger partial charge on any atom is -0.322 e. The van der Waals surface area contributed by atoms with Gasteiger partial charge in [-0.15, -0.1) is 0 Å². The molecule has 4 N–H and O–H groups in total. The predicted molar refractivity (Wildman–Crippen MR) is 64.2 cm³/mol. The first-order valence-corrected chi connectivity index (χ1v) is 5.49. The lowest BCUT2D eigenvalue weighted by Gasteiger charge is -2.31. The Labute approximate surface area is 107 Å². The number of rotatable bonds is 1. The van der Waals surface area contributed by atoms with Gasteiger partial charge in [0.25, 0.3) is 0 Å². The summed E-state index contributed by atoms with van der Waals surface area (Å²) in [7, 11) is 0. The van der Waals surface area contributed by atoms with Crippen LogP contribution in [0, 0.1) is 0 Å².